The number of thiophene rings is 1. The maximum Gasteiger partial charge on any atom is 0.262 e. The van der Waals surface area contributed by atoms with Crippen LogP contribution in [-0.2, 0) is 6.54 Å². The third-order valence-corrected chi connectivity index (χ3v) is 5.44. The van der Waals surface area contributed by atoms with Crippen LogP contribution in [0.3, 0.4) is 0 Å². The van der Waals surface area contributed by atoms with E-state index in [1.807, 2.05) is 36.6 Å². The lowest BCUT2D eigenvalue weighted by Gasteiger charge is -2.08. The lowest BCUT2D eigenvalue weighted by atomic mass is 10.1. The molecule has 0 aliphatic carbocycles. The zero-order valence-electron chi connectivity index (χ0n) is 15.4. The van der Waals surface area contributed by atoms with Crippen LogP contribution in [0.5, 0.6) is 5.75 Å². The molecule has 0 aliphatic heterocycles. The largest absolute Gasteiger partial charge is 0.494 e. The summed E-state index contributed by atoms with van der Waals surface area (Å²) in [5, 5.41) is 2.48. The number of rotatable bonds is 6. The molecule has 6 heteroatoms. The number of aryl methyl sites for hydroxylation is 2. The molecule has 142 valence electrons. The molecule has 4 nitrogen and oxygen atoms in total. The second-order valence-electron chi connectivity index (χ2n) is 6.59. The Morgan fingerprint density at radius 3 is 2.61 bits per heavy atom. The van der Waals surface area contributed by atoms with Crippen LogP contribution in [-0.4, -0.2) is 16.2 Å². The standard InChI is InChI=1S/C22H19FN2O2S/c1-15-3-9-18(10-4-15)27-12-2-11-25-14-24-21-20(22(25)26)19(13-28-21)16-5-7-17(23)8-6-16/h3-10,13-14H,2,11-12H2,1H3. The van der Waals surface area contributed by atoms with Crippen LogP contribution in [0.1, 0.15) is 12.0 Å². The lowest BCUT2D eigenvalue weighted by Crippen LogP contribution is -2.21. The molecule has 0 saturated heterocycles. The van der Waals surface area contributed by atoms with E-state index in [-0.39, 0.29) is 11.4 Å². The second-order valence-corrected chi connectivity index (χ2v) is 7.45. The van der Waals surface area contributed by atoms with Gasteiger partial charge in [-0.25, -0.2) is 9.37 Å². The fourth-order valence-corrected chi connectivity index (χ4v) is 3.93. The molecule has 0 saturated carbocycles. The van der Waals surface area contributed by atoms with E-state index < -0.39 is 0 Å². The topological polar surface area (TPSA) is 44.1 Å². The molecule has 0 radical (unpaired) electrons. The number of nitrogens with zero attached hydrogens (tertiary/aromatic N) is 2. The van der Waals surface area contributed by atoms with Crippen molar-refractivity contribution in [2.45, 2.75) is 19.9 Å². The first-order chi connectivity index (χ1) is 13.6. The summed E-state index contributed by atoms with van der Waals surface area (Å²) in [7, 11) is 0. The molecule has 0 N–H and O–H groups in total. The van der Waals surface area contributed by atoms with E-state index in [2.05, 4.69) is 4.98 Å². The first-order valence-corrected chi connectivity index (χ1v) is 9.92. The Hall–Kier alpha value is -2.99. The first-order valence-electron chi connectivity index (χ1n) is 9.04. The molecular formula is C22H19FN2O2S. The van der Waals surface area contributed by atoms with E-state index in [0.29, 0.717) is 29.8 Å². The SMILES string of the molecule is Cc1ccc(OCCCn2cnc3scc(-c4ccc(F)cc4)c3c2=O)cc1. The summed E-state index contributed by atoms with van der Waals surface area (Å²) in [5.41, 5.74) is 2.71. The highest BCUT2D eigenvalue weighted by atomic mass is 32.1. The van der Waals surface area contributed by atoms with Gasteiger partial charge in [-0.3, -0.25) is 9.36 Å². The zero-order chi connectivity index (χ0) is 19.5. The van der Waals surface area contributed by atoms with Crippen LogP contribution < -0.4 is 10.3 Å². The van der Waals surface area contributed by atoms with Crippen LogP contribution in [0, 0.1) is 12.7 Å². The van der Waals surface area contributed by atoms with Crippen molar-refractivity contribution in [3.63, 3.8) is 0 Å². The Labute approximate surface area is 165 Å². The number of fused-ring (bicyclic) bond motifs is 1. The van der Waals surface area contributed by atoms with E-state index in [1.165, 1.54) is 29.0 Å². The molecule has 0 aliphatic rings. The Morgan fingerprint density at radius 2 is 1.86 bits per heavy atom. The quantitative estimate of drug-likeness (QED) is 0.430. The Morgan fingerprint density at radius 1 is 1.11 bits per heavy atom. The van der Waals surface area contributed by atoms with Gasteiger partial charge in [-0.2, -0.15) is 0 Å². The van der Waals surface area contributed by atoms with Crippen molar-refractivity contribution in [1.29, 1.82) is 0 Å². The van der Waals surface area contributed by atoms with Gasteiger partial charge in [0.1, 0.15) is 16.4 Å². The number of hydrogen-bond acceptors (Lipinski definition) is 4. The van der Waals surface area contributed by atoms with Crippen LogP contribution in [0.15, 0.2) is 65.0 Å². The van der Waals surface area contributed by atoms with Crippen LogP contribution in [0.2, 0.25) is 0 Å². The third-order valence-electron chi connectivity index (χ3n) is 4.55. The molecule has 4 aromatic rings. The van der Waals surface area contributed by atoms with Crippen LogP contribution in [0.25, 0.3) is 21.3 Å². The van der Waals surface area contributed by atoms with Gasteiger partial charge < -0.3 is 4.74 Å². The number of benzene rings is 2. The van der Waals surface area contributed by atoms with Gasteiger partial charge >= 0.3 is 0 Å². The number of ether oxygens (including phenoxy) is 1. The maximum absolute atomic E-state index is 13.2. The van der Waals surface area contributed by atoms with Crippen molar-refractivity contribution in [3.8, 4) is 16.9 Å². The summed E-state index contributed by atoms with van der Waals surface area (Å²) in [6, 6.07) is 14.1. The molecule has 0 unspecified atom stereocenters. The van der Waals surface area contributed by atoms with E-state index in [0.717, 1.165) is 16.9 Å². The fourth-order valence-electron chi connectivity index (χ4n) is 3.03. The normalized spacial score (nSPS) is 11.1. The minimum Gasteiger partial charge on any atom is -0.494 e. The van der Waals surface area contributed by atoms with E-state index in [9.17, 15) is 9.18 Å². The van der Waals surface area contributed by atoms with Crippen molar-refractivity contribution >= 4 is 21.6 Å². The smallest absolute Gasteiger partial charge is 0.262 e. The molecular weight excluding hydrogens is 375 g/mol. The van der Waals surface area contributed by atoms with Crippen molar-refractivity contribution in [2.75, 3.05) is 6.61 Å². The van der Waals surface area contributed by atoms with Gasteiger partial charge in [0.25, 0.3) is 5.56 Å². The molecule has 2 heterocycles. The van der Waals surface area contributed by atoms with E-state index in [4.69, 9.17) is 4.74 Å². The highest BCUT2D eigenvalue weighted by Gasteiger charge is 2.13. The predicted molar refractivity (Wildman–Crippen MR) is 111 cm³/mol. The number of aromatic nitrogens is 2. The van der Waals surface area contributed by atoms with Gasteiger partial charge in [0.2, 0.25) is 0 Å². The van der Waals surface area contributed by atoms with Gasteiger partial charge in [0.15, 0.2) is 0 Å². The monoisotopic (exact) mass is 394 g/mol. The summed E-state index contributed by atoms with van der Waals surface area (Å²) < 4.78 is 20.6. The number of hydrogen-bond donors (Lipinski definition) is 0. The minimum absolute atomic E-state index is 0.0825. The average molecular weight is 394 g/mol. The Kier molecular flexibility index (Phi) is 5.21. The highest BCUT2D eigenvalue weighted by Crippen LogP contribution is 2.30. The van der Waals surface area contributed by atoms with Gasteiger partial charge in [-0.15, -0.1) is 11.3 Å². The van der Waals surface area contributed by atoms with Crippen molar-refractivity contribution in [3.05, 3.63) is 82.0 Å². The van der Waals surface area contributed by atoms with Crippen molar-refractivity contribution < 1.29 is 9.13 Å². The summed E-state index contributed by atoms with van der Waals surface area (Å²) in [6.07, 6.45) is 2.28. The van der Waals surface area contributed by atoms with Gasteiger partial charge in [-0.1, -0.05) is 29.8 Å². The predicted octanol–water partition coefficient (Wildman–Crippen LogP) is 5.04. The molecule has 0 fully saturated rings. The van der Waals surface area contributed by atoms with Gasteiger partial charge in [0.05, 0.1) is 18.3 Å². The van der Waals surface area contributed by atoms with Gasteiger partial charge in [-0.05, 0) is 43.2 Å². The Balaban J connectivity index is 1.51. The fraction of sp³-hybridized carbons (Fsp3) is 0.182. The molecule has 28 heavy (non-hydrogen) atoms. The zero-order valence-corrected chi connectivity index (χ0v) is 16.2. The highest BCUT2D eigenvalue weighted by molar-refractivity contribution is 7.17. The molecule has 2 aromatic heterocycles. The molecule has 0 spiro atoms. The maximum atomic E-state index is 13.2. The average Bonchev–Trinajstić information content (AvgIpc) is 3.14. The summed E-state index contributed by atoms with van der Waals surface area (Å²) >= 11 is 1.42. The molecule has 0 atom stereocenters. The molecule has 4 rings (SSSR count). The van der Waals surface area contributed by atoms with Crippen molar-refractivity contribution in [1.82, 2.24) is 9.55 Å². The van der Waals surface area contributed by atoms with Crippen molar-refractivity contribution in [2.24, 2.45) is 0 Å². The molecule has 0 amide bonds. The molecule has 0 bridgehead atoms. The summed E-state index contributed by atoms with van der Waals surface area (Å²) in [6.45, 7) is 3.07. The van der Waals surface area contributed by atoms with E-state index >= 15 is 0 Å². The Bertz CT molecular complexity index is 1150. The van der Waals surface area contributed by atoms with Crippen LogP contribution in [0.4, 0.5) is 4.39 Å². The first kappa shape index (κ1) is 18.4. The third kappa shape index (κ3) is 3.82. The van der Waals surface area contributed by atoms with E-state index in [1.54, 1.807) is 23.0 Å². The van der Waals surface area contributed by atoms with Crippen LogP contribution >= 0.6 is 11.3 Å². The lowest BCUT2D eigenvalue weighted by molar-refractivity contribution is 0.301. The number of halogens is 1. The second kappa shape index (κ2) is 7.94. The van der Waals surface area contributed by atoms with Gasteiger partial charge in [0, 0.05) is 17.5 Å². The summed E-state index contributed by atoms with van der Waals surface area (Å²) in [4.78, 5) is 18.1. The summed E-state index contributed by atoms with van der Waals surface area (Å²) in [5.74, 6) is 0.523. The molecule has 2 aromatic carbocycles. The minimum atomic E-state index is -0.299.